The van der Waals surface area contributed by atoms with Crippen LogP contribution in [0.1, 0.15) is 27.9 Å². The molecule has 1 aromatic carbocycles. The maximum Gasteiger partial charge on any atom is 0.261 e. The first-order chi connectivity index (χ1) is 12.5. The molecule has 0 fully saturated rings. The van der Waals surface area contributed by atoms with Gasteiger partial charge in [-0.25, -0.2) is 0 Å². The van der Waals surface area contributed by atoms with Crippen LogP contribution in [0.5, 0.6) is 0 Å². The van der Waals surface area contributed by atoms with Gasteiger partial charge < -0.3 is 14.6 Å². The Hall–Kier alpha value is -2.12. The van der Waals surface area contributed by atoms with Gasteiger partial charge >= 0.3 is 0 Å². The predicted octanol–water partition coefficient (Wildman–Crippen LogP) is 4.21. The van der Waals surface area contributed by atoms with Crippen LogP contribution < -0.4 is 5.32 Å². The lowest BCUT2D eigenvalue weighted by Gasteiger charge is -2.17. The van der Waals surface area contributed by atoms with Crippen molar-refractivity contribution < 1.29 is 14.0 Å². The summed E-state index contributed by atoms with van der Waals surface area (Å²) in [6, 6.07) is 11.4. The van der Waals surface area contributed by atoms with Crippen LogP contribution in [0, 0.1) is 0 Å². The maximum atomic E-state index is 12.4. The molecule has 3 aromatic rings. The molecule has 2 amide bonds. The number of benzene rings is 1. The molecule has 0 unspecified atom stereocenters. The van der Waals surface area contributed by atoms with Crippen molar-refractivity contribution in [3.8, 4) is 0 Å². The first-order valence-electron chi connectivity index (χ1n) is 8.26. The SMILES string of the molecule is CCc1oc2ccccc2c1CN(C)C(=O)CNC(=O)c1ccc(Br)s1. The minimum atomic E-state index is -0.245. The fraction of sp³-hybridized carbons (Fsp3) is 0.263. The van der Waals surface area contributed by atoms with Crippen molar-refractivity contribution in [2.75, 3.05) is 13.6 Å². The van der Waals surface area contributed by atoms with Crippen LogP contribution in [-0.4, -0.2) is 30.3 Å². The van der Waals surface area contributed by atoms with Crippen LogP contribution in [0.4, 0.5) is 0 Å². The quantitative estimate of drug-likeness (QED) is 0.631. The zero-order valence-corrected chi connectivity index (χ0v) is 16.9. The van der Waals surface area contributed by atoms with Crippen LogP contribution in [0.3, 0.4) is 0 Å². The van der Waals surface area contributed by atoms with Gasteiger partial charge in [-0.05, 0) is 34.1 Å². The van der Waals surface area contributed by atoms with Gasteiger partial charge in [-0.15, -0.1) is 11.3 Å². The molecule has 3 rings (SSSR count). The number of likely N-dealkylation sites (N-methyl/N-ethyl adjacent to an activating group) is 1. The van der Waals surface area contributed by atoms with Crippen molar-refractivity contribution in [3.05, 3.63) is 56.4 Å². The van der Waals surface area contributed by atoms with E-state index in [1.165, 1.54) is 11.3 Å². The number of carbonyl (C=O) groups excluding carboxylic acids is 2. The summed E-state index contributed by atoms with van der Waals surface area (Å²) in [4.78, 5) is 26.7. The Balaban J connectivity index is 1.65. The van der Waals surface area contributed by atoms with Crippen molar-refractivity contribution in [2.24, 2.45) is 0 Å². The van der Waals surface area contributed by atoms with Gasteiger partial charge in [0.15, 0.2) is 0 Å². The summed E-state index contributed by atoms with van der Waals surface area (Å²) in [7, 11) is 1.73. The lowest BCUT2D eigenvalue weighted by atomic mass is 10.1. The van der Waals surface area contributed by atoms with E-state index in [1.807, 2.05) is 37.3 Å². The molecule has 0 saturated carbocycles. The molecule has 1 N–H and O–H groups in total. The molecule has 0 aliphatic heterocycles. The molecule has 2 aromatic heterocycles. The summed E-state index contributed by atoms with van der Waals surface area (Å²) < 4.78 is 6.76. The molecule has 0 spiro atoms. The molecule has 0 bridgehead atoms. The summed E-state index contributed by atoms with van der Waals surface area (Å²) in [5.41, 5.74) is 1.85. The molecule has 0 radical (unpaired) electrons. The van der Waals surface area contributed by atoms with Gasteiger partial charge in [0, 0.05) is 31.0 Å². The summed E-state index contributed by atoms with van der Waals surface area (Å²) in [6.07, 6.45) is 0.760. The van der Waals surface area contributed by atoms with Crippen LogP contribution in [0.25, 0.3) is 11.0 Å². The first-order valence-corrected chi connectivity index (χ1v) is 9.87. The lowest BCUT2D eigenvalue weighted by Crippen LogP contribution is -2.37. The summed E-state index contributed by atoms with van der Waals surface area (Å²) >= 11 is 4.66. The molecule has 0 saturated heterocycles. The largest absolute Gasteiger partial charge is 0.461 e. The molecule has 0 aliphatic carbocycles. The molecule has 0 atom stereocenters. The average molecular weight is 435 g/mol. The highest BCUT2D eigenvalue weighted by molar-refractivity contribution is 9.11. The Morgan fingerprint density at radius 3 is 2.69 bits per heavy atom. The second-order valence-corrected chi connectivity index (χ2v) is 8.35. The van der Waals surface area contributed by atoms with Gasteiger partial charge in [0.05, 0.1) is 15.2 Å². The van der Waals surface area contributed by atoms with Crippen molar-refractivity contribution in [1.82, 2.24) is 10.2 Å². The number of thiophene rings is 1. The van der Waals surface area contributed by atoms with E-state index in [1.54, 1.807) is 18.0 Å². The Kier molecular flexibility index (Phi) is 5.78. The minimum absolute atomic E-state index is 0.0396. The fourth-order valence-electron chi connectivity index (χ4n) is 2.75. The number of halogens is 1. The van der Waals surface area contributed by atoms with Gasteiger partial charge in [0.25, 0.3) is 5.91 Å². The van der Waals surface area contributed by atoms with Gasteiger partial charge in [-0.3, -0.25) is 9.59 Å². The molecule has 0 aliphatic rings. The smallest absolute Gasteiger partial charge is 0.261 e. The number of hydrogen-bond acceptors (Lipinski definition) is 4. The average Bonchev–Trinajstić information content (AvgIpc) is 3.23. The summed E-state index contributed by atoms with van der Waals surface area (Å²) in [6.45, 7) is 2.43. The van der Waals surface area contributed by atoms with E-state index >= 15 is 0 Å². The van der Waals surface area contributed by atoms with Crippen molar-refractivity contribution in [1.29, 1.82) is 0 Å². The van der Waals surface area contributed by atoms with Crippen molar-refractivity contribution in [3.63, 3.8) is 0 Å². The van der Waals surface area contributed by atoms with E-state index < -0.39 is 0 Å². The minimum Gasteiger partial charge on any atom is -0.461 e. The van der Waals surface area contributed by atoms with E-state index in [0.717, 1.165) is 32.5 Å². The third-order valence-electron chi connectivity index (χ3n) is 4.12. The Morgan fingerprint density at radius 2 is 2.00 bits per heavy atom. The van der Waals surface area contributed by atoms with Gasteiger partial charge in [0.1, 0.15) is 11.3 Å². The highest BCUT2D eigenvalue weighted by atomic mass is 79.9. The van der Waals surface area contributed by atoms with E-state index in [4.69, 9.17) is 4.42 Å². The van der Waals surface area contributed by atoms with E-state index in [2.05, 4.69) is 21.2 Å². The van der Waals surface area contributed by atoms with Crippen molar-refractivity contribution in [2.45, 2.75) is 19.9 Å². The highest BCUT2D eigenvalue weighted by Gasteiger charge is 2.18. The highest BCUT2D eigenvalue weighted by Crippen LogP contribution is 2.27. The van der Waals surface area contributed by atoms with Crippen LogP contribution in [0.2, 0.25) is 0 Å². The third kappa shape index (κ3) is 3.99. The number of para-hydroxylation sites is 1. The Bertz CT molecular complexity index is 947. The number of aryl methyl sites for hydroxylation is 1. The second kappa shape index (κ2) is 8.05. The molecule has 136 valence electrons. The Morgan fingerprint density at radius 1 is 1.23 bits per heavy atom. The number of carbonyl (C=O) groups is 2. The molecule has 2 heterocycles. The normalized spacial score (nSPS) is 10.9. The topological polar surface area (TPSA) is 62.6 Å². The molecule has 7 heteroatoms. The van der Waals surface area contributed by atoms with E-state index in [9.17, 15) is 9.59 Å². The number of hydrogen-bond donors (Lipinski definition) is 1. The first kappa shape index (κ1) is 18.7. The van der Waals surface area contributed by atoms with E-state index in [-0.39, 0.29) is 18.4 Å². The molecular formula is C19H19BrN2O3S. The zero-order valence-electron chi connectivity index (χ0n) is 14.5. The lowest BCUT2D eigenvalue weighted by molar-refractivity contribution is -0.129. The Labute approximate surface area is 164 Å². The summed E-state index contributed by atoms with van der Waals surface area (Å²) in [5, 5.41) is 3.70. The van der Waals surface area contributed by atoms with Crippen LogP contribution >= 0.6 is 27.3 Å². The van der Waals surface area contributed by atoms with Crippen LogP contribution in [0.15, 0.2) is 44.6 Å². The molecule has 26 heavy (non-hydrogen) atoms. The van der Waals surface area contributed by atoms with Gasteiger partial charge in [0.2, 0.25) is 5.91 Å². The number of furan rings is 1. The monoisotopic (exact) mass is 434 g/mol. The van der Waals surface area contributed by atoms with Crippen molar-refractivity contribution >= 4 is 50.1 Å². The zero-order chi connectivity index (χ0) is 18.7. The van der Waals surface area contributed by atoms with Crippen LogP contribution in [-0.2, 0) is 17.8 Å². The predicted molar refractivity (Wildman–Crippen MR) is 106 cm³/mol. The third-order valence-corrected chi connectivity index (χ3v) is 5.74. The number of nitrogens with zero attached hydrogens (tertiary/aromatic N) is 1. The van der Waals surface area contributed by atoms with E-state index in [0.29, 0.717) is 11.4 Å². The van der Waals surface area contributed by atoms with Gasteiger partial charge in [-0.2, -0.15) is 0 Å². The number of nitrogens with one attached hydrogen (secondary N) is 1. The molecular weight excluding hydrogens is 416 g/mol. The van der Waals surface area contributed by atoms with Gasteiger partial charge in [-0.1, -0.05) is 25.1 Å². The maximum absolute atomic E-state index is 12.4. The summed E-state index contributed by atoms with van der Waals surface area (Å²) in [5.74, 6) is 0.491. The second-order valence-electron chi connectivity index (χ2n) is 5.89. The fourth-order valence-corrected chi connectivity index (χ4v) is 4.05. The molecule has 5 nitrogen and oxygen atoms in total. The number of rotatable bonds is 6. The standard InChI is InChI=1S/C19H19BrN2O3S/c1-3-14-13(12-6-4-5-7-15(12)25-14)11-22(2)18(23)10-21-19(24)16-8-9-17(20)26-16/h4-9H,3,10-11H2,1-2H3,(H,21,24). The number of fused-ring (bicyclic) bond motifs is 1. The number of amides is 2.